The molecule has 4 heteroatoms. The van der Waals surface area contributed by atoms with E-state index in [9.17, 15) is 0 Å². The third-order valence-corrected chi connectivity index (χ3v) is 4.32. The standard InChI is InChI=1S/C16H26ClN3/c1-12(18)9-14-5-4-6-15(17)16(14)20(3)11-13-7-8-19(2)10-13/h4-6,12-13H,7-11,18H2,1-3H3. The van der Waals surface area contributed by atoms with E-state index in [0.29, 0.717) is 0 Å². The quantitative estimate of drug-likeness (QED) is 0.906. The predicted octanol–water partition coefficient (Wildman–Crippen LogP) is 2.62. The highest BCUT2D eigenvalue weighted by molar-refractivity contribution is 6.33. The fourth-order valence-corrected chi connectivity index (χ4v) is 3.49. The molecule has 0 spiro atoms. The van der Waals surface area contributed by atoms with E-state index in [1.165, 1.54) is 25.1 Å². The third-order valence-electron chi connectivity index (χ3n) is 4.01. The minimum absolute atomic E-state index is 0.151. The van der Waals surface area contributed by atoms with Gasteiger partial charge in [0.05, 0.1) is 10.7 Å². The van der Waals surface area contributed by atoms with Crippen LogP contribution in [0.15, 0.2) is 18.2 Å². The number of nitrogens with two attached hydrogens (primary N) is 1. The molecule has 112 valence electrons. The summed E-state index contributed by atoms with van der Waals surface area (Å²) in [5.74, 6) is 0.726. The molecule has 3 nitrogen and oxygen atoms in total. The average molecular weight is 296 g/mol. The molecule has 0 aromatic heterocycles. The van der Waals surface area contributed by atoms with Crippen molar-refractivity contribution in [3.63, 3.8) is 0 Å². The number of benzene rings is 1. The molecule has 0 amide bonds. The van der Waals surface area contributed by atoms with Crippen molar-refractivity contribution in [2.75, 3.05) is 38.6 Å². The van der Waals surface area contributed by atoms with Crippen LogP contribution in [0.4, 0.5) is 5.69 Å². The molecule has 2 N–H and O–H groups in total. The topological polar surface area (TPSA) is 32.5 Å². The molecule has 1 aliphatic rings. The largest absolute Gasteiger partial charge is 0.373 e. The lowest BCUT2D eigenvalue weighted by atomic mass is 10.0. The van der Waals surface area contributed by atoms with E-state index in [1.807, 2.05) is 19.1 Å². The van der Waals surface area contributed by atoms with E-state index in [-0.39, 0.29) is 6.04 Å². The number of nitrogens with zero attached hydrogens (tertiary/aromatic N) is 2. The zero-order valence-corrected chi connectivity index (χ0v) is 13.5. The number of halogens is 1. The number of hydrogen-bond acceptors (Lipinski definition) is 3. The van der Waals surface area contributed by atoms with Crippen LogP contribution in [0.3, 0.4) is 0 Å². The summed E-state index contributed by atoms with van der Waals surface area (Å²) in [6.45, 7) is 5.47. The number of hydrogen-bond donors (Lipinski definition) is 1. The molecule has 1 aromatic rings. The molecule has 1 saturated heterocycles. The van der Waals surface area contributed by atoms with Gasteiger partial charge in [0, 0.05) is 26.2 Å². The SMILES string of the molecule is CC(N)Cc1cccc(Cl)c1N(C)CC1CCN(C)C1. The van der Waals surface area contributed by atoms with Crippen LogP contribution in [0.25, 0.3) is 0 Å². The van der Waals surface area contributed by atoms with Crippen LogP contribution >= 0.6 is 11.6 Å². The van der Waals surface area contributed by atoms with Gasteiger partial charge in [0.2, 0.25) is 0 Å². The van der Waals surface area contributed by atoms with E-state index < -0.39 is 0 Å². The van der Waals surface area contributed by atoms with Gasteiger partial charge in [0.15, 0.2) is 0 Å². The normalized spacial score (nSPS) is 21.1. The molecule has 2 rings (SSSR count). The second kappa shape index (κ2) is 6.79. The molecular formula is C16H26ClN3. The average Bonchev–Trinajstić information content (AvgIpc) is 2.73. The van der Waals surface area contributed by atoms with Crippen molar-refractivity contribution in [3.05, 3.63) is 28.8 Å². The van der Waals surface area contributed by atoms with Crippen LogP contribution in [0, 0.1) is 5.92 Å². The lowest BCUT2D eigenvalue weighted by Crippen LogP contribution is -2.29. The van der Waals surface area contributed by atoms with Gasteiger partial charge in [-0.1, -0.05) is 23.7 Å². The summed E-state index contributed by atoms with van der Waals surface area (Å²) in [4.78, 5) is 4.71. The van der Waals surface area contributed by atoms with Crippen LogP contribution in [-0.2, 0) is 6.42 Å². The molecule has 2 unspecified atom stereocenters. The summed E-state index contributed by atoms with van der Waals surface area (Å²) in [6, 6.07) is 6.28. The molecule has 0 radical (unpaired) electrons. The Morgan fingerprint density at radius 1 is 1.50 bits per heavy atom. The predicted molar refractivity (Wildman–Crippen MR) is 87.7 cm³/mol. The minimum Gasteiger partial charge on any atom is -0.373 e. The second-order valence-corrected chi connectivity index (χ2v) is 6.63. The Labute approximate surface area is 127 Å². The van der Waals surface area contributed by atoms with E-state index in [1.54, 1.807) is 0 Å². The Kier molecular flexibility index (Phi) is 5.30. The van der Waals surface area contributed by atoms with Crippen molar-refractivity contribution in [3.8, 4) is 0 Å². The van der Waals surface area contributed by atoms with Gasteiger partial charge in [-0.15, -0.1) is 0 Å². The maximum Gasteiger partial charge on any atom is 0.0642 e. The lowest BCUT2D eigenvalue weighted by molar-refractivity contribution is 0.396. The van der Waals surface area contributed by atoms with Crippen LogP contribution in [0.1, 0.15) is 18.9 Å². The third kappa shape index (κ3) is 3.87. The minimum atomic E-state index is 0.151. The monoisotopic (exact) mass is 295 g/mol. The number of likely N-dealkylation sites (tertiary alicyclic amines) is 1. The van der Waals surface area contributed by atoms with Crippen molar-refractivity contribution in [1.82, 2.24) is 4.90 Å². The molecule has 20 heavy (non-hydrogen) atoms. The summed E-state index contributed by atoms with van der Waals surface area (Å²) in [5.41, 5.74) is 8.36. The van der Waals surface area contributed by atoms with Crippen molar-refractivity contribution < 1.29 is 0 Å². The van der Waals surface area contributed by atoms with E-state index in [0.717, 1.165) is 29.6 Å². The van der Waals surface area contributed by atoms with Crippen LogP contribution < -0.4 is 10.6 Å². The van der Waals surface area contributed by atoms with Gasteiger partial charge in [0.25, 0.3) is 0 Å². The second-order valence-electron chi connectivity index (χ2n) is 6.23. The summed E-state index contributed by atoms with van der Waals surface area (Å²) in [5, 5.41) is 0.831. The molecule has 0 saturated carbocycles. The summed E-state index contributed by atoms with van der Waals surface area (Å²) in [6.07, 6.45) is 2.14. The molecule has 2 atom stereocenters. The summed E-state index contributed by atoms with van der Waals surface area (Å²) in [7, 11) is 4.33. The van der Waals surface area contributed by atoms with E-state index >= 15 is 0 Å². The Balaban J connectivity index is 2.13. The fraction of sp³-hybridized carbons (Fsp3) is 0.625. The first-order chi connectivity index (χ1) is 9.47. The van der Waals surface area contributed by atoms with E-state index in [4.69, 9.17) is 17.3 Å². The van der Waals surface area contributed by atoms with Gasteiger partial charge in [0.1, 0.15) is 0 Å². The molecule has 1 aromatic carbocycles. The van der Waals surface area contributed by atoms with Crippen molar-refractivity contribution >= 4 is 17.3 Å². The van der Waals surface area contributed by atoms with Crippen molar-refractivity contribution in [2.24, 2.45) is 11.7 Å². The van der Waals surface area contributed by atoms with Gasteiger partial charge in [-0.3, -0.25) is 0 Å². The highest BCUT2D eigenvalue weighted by atomic mass is 35.5. The van der Waals surface area contributed by atoms with Gasteiger partial charge in [-0.05, 0) is 50.9 Å². The highest BCUT2D eigenvalue weighted by Crippen LogP contribution is 2.31. The Morgan fingerprint density at radius 2 is 2.25 bits per heavy atom. The maximum atomic E-state index is 6.43. The Bertz CT molecular complexity index is 447. The van der Waals surface area contributed by atoms with Crippen LogP contribution in [-0.4, -0.2) is 44.7 Å². The van der Waals surface area contributed by atoms with E-state index in [2.05, 4.69) is 30.0 Å². The van der Waals surface area contributed by atoms with Crippen molar-refractivity contribution in [1.29, 1.82) is 0 Å². The first-order valence-electron chi connectivity index (χ1n) is 7.40. The Hall–Kier alpha value is -0.770. The molecule has 0 aliphatic carbocycles. The fourth-order valence-electron chi connectivity index (χ4n) is 3.15. The van der Waals surface area contributed by atoms with Crippen LogP contribution in [0.5, 0.6) is 0 Å². The first kappa shape index (κ1) is 15.6. The zero-order chi connectivity index (χ0) is 14.7. The maximum absolute atomic E-state index is 6.43. The number of anilines is 1. The smallest absolute Gasteiger partial charge is 0.0642 e. The molecule has 1 heterocycles. The first-order valence-corrected chi connectivity index (χ1v) is 7.77. The highest BCUT2D eigenvalue weighted by Gasteiger charge is 2.22. The van der Waals surface area contributed by atoms with Gasteiger partial charge in [-0.25, -0.2) is 0 Å². The van der Waals surface area contributed by atoms with Gasteiger partial charge >= 0.3 is 0 Å². The molecular weight excluding hydrogens is 270 g/mol. The molecule has 1 aliphatic heterocycles. The van der Waals surface area contributed by atoms with Crippen LogP contribution in [0.2, 0.25) is 5.02 Å². The van der Waals surface area contributed by atoms with Gasteiger partial charge in [-0.2, -0.15) is 0 Å². The van der Waals surface area contributed by atoms with Crippen molar-refractivity contribution in [2.45, 2.75) is 25.8 Å². The summed E-state index contributed by atoms with van der Waals surface area (Å²) < 4.78 is 0. The number of para-hydroxylation sites is 1. The Morgan fingerprint density at radius 3 is 2.85 bits per heavy atom. The zero-order valence-electron chi connectivity index (χ0n) is 12.8. The van der Waals surface area contributed by atoms with Gasteiger partial charge < -0.3 is 15.5 Å². The number of rotatable bonds is 5. The summed E-state index contributed by atoms with van der Waals surface area (Å²) >= 11 is 6.43. The molecule has 1 fully saturated rings. The molecule has 0 bridgehead atoms. The lowest BCUT2D eigenvalue weighted by Gasteiger charge is -2.27.